The number of hydrogen-bond acceptors (Lipinski definition) is 2. The fraction of sp³-hybridized carbons (Fsp3) is 0.611. The molecule has 2 N–H and O–H groups in total. The fourth-order valence-corrected chi connectivity index (χ4v) is 2.18. The van der Waals surface area contributed by atoms with Gasteiger partial charge in [-0.25, -0.2) is 0 Å². The van der Waals surface area contributed by atoms with Crippen LogP contribution in [-0.2, 0) is 6.54 Å². The third kappa shape index (κ3) is 9.03. The molecule has 0 aliphatic heterocycles. The molecule has 0 heterocycles. The van der Waals surface area contributed by atoms with Crippen molar-refractivity contribution in [1.82, 2.24) is 10.6 Å². The predicted molar refractivity (Wildman–Crippen MR) is 113 cm³/mol. The number of nitrogens with one attached hydrogen (secondary N) is 2. The lowest BCUT2D eigenvalue weighted by molar-refractivity contribution is 0.489. The number of halogens is 1. The summed E-state index contributed by atoms with van der Waals surface area (Å²) in [6.45, 7) is 7.51. The maximum absolute atomic E-state index is 4.30. The van der Waals surface area contributed by atoms with Crippen LogP contribution in [0.15, 0.2) is 29.3 Å². The minimum Gasteiger partial charge on any atom is -0.378 e. The van der Waals surface area contributed by atoms with Crippen LogP contribution in [0.4, 0.5) is 5.69 Å². The number of aliphatic imine (C=N–C) groups is 1. The van der Waals surface area contributed by atoms with Crippen molar-refractivity contribution < 1.29 is 0 Å². The van der Waals surface area contributed by atoms with Gasteiger partial charge in [-0.05, 0) is 43.4 Å². The SMILES string of the molecule is CN=C(NCc1ccc(N(C)C)cc1)NC(C)CCC(C)C.I. The summed E-state index contributed by atoms with van der Waals surface area (Å²) < 4.78 is 0. The highest BCUT2D eigenvalue weighted by molar-refractivity contribution is 14.0. The van der Waals surface area contributed by atoms with Gasteiger partial charge in [-0.2, -0.15) is 0 Å². The summed E-state index contributed by atoms with van der Waals surface area (Å²) in [6.07, 6.45) is 2.40. The first-order valence-electron chi connectivity index (χ1n) is 8.15. The highest BCUT2D eigenvalue weighted by Gasteiger charge is 2.06. The molecule has 0 radical (unpaired) electrons. The first kappa shape index (κ1) is 22.0. The zero-order chi connectivity index (χ0) is 16.5. The Hall–Kier alpha value is -0.980. The smallest absolute Gasteiger partial charge is 0.191 e. The van der Waals surface area contributed by atoms with Gasteiger partial charge in [0.1, 0.15) is 0 Å². The van der Waals surface area contributed by atoms with Crippen molar-refractivity contribution >= 4 is 35.6 Å². The van der Waals surface area contributed by atoms with Crippen LogP contribution >= 0.6 is 24.0 Å². The standard InChI is InChI=1S/C18H32N4.HI/c1-14(2)7-8-15(3)21-18(19-4)20-13-16-9-11-17(12-10-16)22(5)6;/h9-12,14-15H,7-8,13H2,1-6H3,(H2,19,20,21);1H. The Bertz CT molecular complexity index is 455. The van der Waals surface area contributed by atoms with Crippen LogP contribution in [0.5, 0.6) is 0 Å². The van der Waals surface area contributed by atoms with E-state index in [0.717, 1.165) is 24.8 Å². The lowest BCUT2D eigenvalue weighted by Gasteiger charge is -2.19. The number of guanidine groups is 1. The summed E-state index contributed by atoms with van der Waals surface area (Å²) >= 11 is 0. The molecule has 0 fully saturated rings. The van der Waals surface area contributed by atoms with Crippen molar-refractivity contribution in [1.29, 1.82) is 0 Å². The number of hydrogen-bond donors (Lipinski definition) is 2. The molecule has 1 rings (SSSR count). The predicted octanol–water partition coefficient (Wildman–Crippen LogP) is 3.86. The molecule has 23 heavy (non-hydrogen) atoms. The van der Waals surface area contributed by atoms with Gasteiger partial charge in [-0.1, -0.05) is 26.0 Å². The lowest BCUT2D eigenvalue weighted by atomic mass is 10.0. The molecular weight excluding hydrogens is 399 g/mol. The second kappa shape index (κ2) is 11.5. The van der Waals surface area contributed by atoms with E-state index in [1.54, 1.807) is 0 Å². The maximum Gasteiger partial charge on any atom is 0.191 e. The number of rotatable bonds is 7. The molecule has 132 valence electrons. The van der Waals surface area contributed by atoms with E-state index < -0.39 is 0 Å². The van der Waals surface area contributed by atoms with E-state index >= 15 is 0 Å². The first-order chi connectivity index (χ1) is 10.4. The molecule has 0 aliphatic carbocycles. The molecule has 0 aromatic heterocycles. The number of anilines is 1. The molecule has 0 bridgehead atoms. The van der Waals surface area contributed by atoms with E-state index in [1.807, 2.05) is 7.05 Å². The highest BCUT2D eigenvalue weighted by Crippen LogP contribution is 2.12. The van der Waals surface area contributed by atoms with E-state index in [-0.39, 0.29) is 24.0 Å². The summed E-state index contributed by atoms with van der Waals surface area (Å²) in [5.74, 6) is 1.61. The fourth-order valence-electron chi connectivity index (χ4n) is 2.18. The van der Waals surface area contributed by atoms with Crippen LogP contribution < -0.4 is 15.5 Å². The van der Waals surface area contributed by atoms with Crippen LogP contribution in [0.3, 0.4) is 0 Å². The van der Waals surface area contributed by atoms with Gasteiger partial charge in [0.25, 0.3) is 0 Å². The molecule has 4 nitrogen and oxygen atoms in total. The monoisotopic (exact) mass is 432 g/mol. The van der Waals surface area contributed by atoms with Crippen LogP contribution in [-0.4, -0.2) is 33.1 Å². The Labute approximate surface area is 159 Å². The minimum atomic E-state index is 0. The van der Waals surface area contributed by atoms with Crippen LogP contribution in [0.1, 0.15) is 39.2 Å². The third-order valence-corrected chi connectivity index (χ3v) is 3.70. The topological polar surface area (TPSA) is 39.7 Å². The average molecular weight is 432 g/mol. The molecule has 0 saturated carbocycles. The van der Waals surface area contributed by atoms with E-state index in [0.29, 0.717) is 6.04 Å². The molecule has 0 aliphatic rings. The Morgan fingerprint density at radius 2 is 1.70 bits per heavy atom. The van der Waals surface area contributed by atoms with Gasteiger partial charge in [-0.15, -0.1) is 24.0 Å². The summed E-state index contributed by atoms with van der Waals surface area (Å²) in [4.78, 5) is 6.41. The van der Waals surface area contributed by atoms with Crippen molar-refractivity contribution in [3.05, 3.63) is 29.8 Å². The maximum atomic E-state index is 4.30. The van der Waals surface area contributed by atoms with E-state index in [4.69, 9.17) is 0 Å². The Balaban J connectivity index is 0.00000484. The Kier molecular flexibility index (Phi) is 11.0. The van der Waals surface area contributed by atoms with Gasteiger partial charge in [0.15, 0.2) is 5.96 Å². The van der Waals surface area contributed by atoms with E-state index in [9.17, 15) is 0 Å². The van der Waals surface area contributed by atoms with Gasteiger partial charge in [0.2, 0.25) is 0 Å². The lowest BCUT2D eigenvalue weighted by Crippen LogP contribution is -2.41. The highest BCUT2D eigenvalue weighted by atomic mass is 127. The quantitative estimate of drug-likeness (QED) is 0.391. The summed E-state index contributed by atoms with van der Waals surface area (Å²) in [5, 5.41) is 6.83. The molecule has 1 aromatic carbocycles. The van der Waals surface area contributed by atoms with Crippen molar-refractivity contribution in [3.8, 4) is 0 Å². The zero-order valence-electron chi connectivity index (χ0n) is 15.4. The van der Waals surface area contributed by atoms with Crippen LogP contribution in [0.2, 0.25) is 0 Å². The summed E-state index contributed by atoms with van der Waals surface area (Å²) in [5.41, 5.74) is 2.47. The van der Waals surface area contributed by atoms with Crippen molar-refractivity contribution in [2.24, 2.45) is 10.9 Å². The average Bonchev–Trinajstić information content (AvgIpc) is 2.49. The normalized spacial score (nSPS) is 12.6. The van der Waals surface area contributed by atoms with Gasteiger partial charge in [-0.3, -0.25) is 4.99 Å². The minimum absolute atomic E-state index is 0. The zero-order valence-corrected chi connectivity index (χ0v) is 17.7. The summed E-state index contributed by atoms with van der Waals surface area (Å²) in [6, 6.07) is 9.01. The molecule has 1 unspecified atom stereocenters. The van der Waals surface area contributed by atoms with Crippen molar-refractivity contribution in [2.45, 2.75) is 46.2 Å². The van der Waals surface area contributed by atoms with Crippen LogP contribution in [0, 0.1) is 5.92 Å². The number of nitrogens with zero attached hydrogens (tertiary/aromatic N) is 2. The molecule has 0 spiro atoms. The van der Waals surface area contributed by atoms with Crippen molar-refractivity contribution in [2.75, 3.05) is 26.0 Å². The molecule has 5 heteroatoms. The Morgan fingerprint density at radius 1 is 1.09 bits per heavy atom. The second-order valence-electron chi connectivity index (χ2n) is 6.50. The molecular formula is C18H33IN4. The third-order valence-electron chi connectivity index (χ3n) is 3.70. The van der Waals surface area contributed by atoms with Gasteiger partial charge < -0.3 is 15.5 Å². The molecule has 1 atom stereocenters. The van der Waals surface area contributed by atoms with E-state index in [2.05, 4.69) is 79.7 Å². The molecule has 1 aromatic rings. The Morgan fingerprint density at radius 3 is 2.17 bits per heavy atom. The number of benzene rings is 1. The summed E-state index contributed by atoms with van der Waals surface area (Å²) in [7, 11) is 5.93. The van der Waals surface area contributed by atoms with Gasteiger partial charge in [0, 0.05) is 39.4 Å². The van der Waals surface area contributed by atoms with Gasteiger partial charge in [0.05, 0.1) is 0 Å². The van der Waals surface area contributed by atoms with Gasteiger partial charge >= 0.3 is 0 Å². The largest absolute Gasteiger partial charge is 0.378 e. The first-order valence-corrected chi connectivity index (χ1v) is 8.15. The molecule has 0 saturated heterocycles. The second-order valence-corrected chi connectivity index (χ2v) is 6.50. The van der Waals surface area contributed by atoms with Crippen molar-refractivity contribution in [3.63, 3.8) is 0 Å². The van der Waals surface area contributed by atoms with E-state index in [1.165, 1.54) is 17.7 Å². The van der Waals surface area contributed by atoms with Crippen LogP contribution in [0.25, 0.3) is 0 Å². The molecule has 0 amide bonds.